The lowest BCUT2D eigenvalue weighted by molar-refractivity contribution is 0.587. The van der Waals surface area contributed by atoms with Gasteiger partial charge in [0.05, 0.1) is 0 Å². The fraction of sp³-hybridized carbons (Fsp3) is 0.625. The lowest BCUT2D eigenvalue weighted by Gasteiger charge is -2.35. The van der Waals surface area contributed by atoms with Crippen molar-refractivity contribution in [2.75, 3.05) is 23.7 Å². The van der Waals surface area contributed by atoms with Gasteiger partial charge in [-0.25, -0.2) is 0 Å². The van der Waals surface area contributed by atoms with Crippen LogP contribution in [0.3, 0.4) is 0 Å². The van der Waals surface area contributed by atoms with Crippen LogP contribution in [-0.2, 0) is 6.54 Å². The van der Waals surface area contributed by atoms with Gasteiger partial charge in [-0.2, -0.15) is 11.8 Å². The van der Waals surface area contributed by atoms with E-state index in [1.165, 1.54) is 36.5 Å². The molecule has 1 aliphatic rings. The van der Waals surface area contributed by atoms with Crippen LogP contribution in [0, 0.1) is 0 Å². The Labute approximate surface area is 122 Å². The van der Waals surface area contributed by atoms with Crippen LogP contribution in [-0.4, -0.2) is 30.1 Å². The van der Waals surface area contributed by atoms with Gasteiger partial charge in [-0.15, -0.1) is 0 Å². The molecule has 1 heterocycles. The topological polar surface area (TPSA) is 15.3 Å². The highest BCUT2D eigenvalue weighted by Crippen LogP contribution is 2.28. The first kappa shape index (κ1) is 14.7. The van der Waals surface area contributed by atoms with Gasteiger partial charge in [-0.3, -0.25) is 0 Å². The van der Waals surface area contributed by atoms with Gasteiger partial charge < -0.3 is 10.2 Å². The van der Waals surface area contributed by atoms with E-state index in [2.05, 4.69) is 67.0 Å². The molecular formula is C16H26N2S. The monoisotopic (exact) mass is 278 g/mol. The van der Waals surface area contributed by atoms with Crippen LogP contribution in [0.5, 0.6) is 0 Å². The van der Waals surface area contributed by atoms with Gasteiger partial charge >= 0.3 is 0 Å². The Balaban J connectivity index is 2.09. The lowest BCUT2D eigenvalue weighted by Crippen LogP contribution is -2.38. The van der Waals surface area contributed by atoms with Crippen LogP contribution < -0.4 is 10.2 Å². The van der Waals surface area contributed by atoms with Crippen molar-refractivity contribution >= 4 is 17.4 Å². The predicted molar refractivity (Wildman–Crippen MR) is 87.2 cm³/mol. The Morgan fingerprint density at radius 1 is 1.37 bits per heavy atom. The van der Waals surface area contributed by atoms with Crippen LogP contribution in [0.25, 0.3) is 0 Å². The molecule has 1 aromatic rings. The highest BCUT2D eigenvalue weighted by Gasteiger charge is 2.20. The Morgan fingerprint density at radius 3 is 2.89 bits per heavy atom. The van der Waals surface area contributed by atoms with Crippen molar-refractivity contribution in [1.82, 2.24) is 5.32 Å². The third kappa shape index (κ3) is 4.15. The largest absolute Gasteiger partial charge is 0.369 e. The third-order valence-corrected chi connectivity index (χ3v) is 5.00. The molecule has 1 atom stereocenters. The average molecular weight is 278 g/mol. The fourth-order valence-electron chi connectivity index (χ4n) is 2.47. The smallest absolute Gasteiger partial charge is 0.0412 e. The van der Waals surface area contributed by atoms with E-state index in [9.17, 15) is 0 Å². The van der Waals surface area contributed by atoms with Gasteiger partial charge in [0.2, 0.25) is 0 Å². The molecule has 0 spiro atoms. The lowest BCUT2D eigenvalue weighted by atomic mass is 10.1. The van der Waals surface area contributed by atoms with E-state index in [1.54, 1.807) is 0 Å². The summed E-state index contributed by atoms with van der Waals surface area (Å²) in [5, 5.41) is 4.33. The summed E-state index contributed by atoms with van der Waals surface area (Å²) < 4.78 is 0. The van der Waals surface area contributed by atoms with Crippen molar-refractivity contribution in [2.45, 2.75) is 45.0 Å². The van der Waals surface area contributed by atoms with E-state index in [-0.39, 0.29) is 0 Å². The number of nitrogens with zero attached hydrogens (tertiary/aromatic N) is 1. The van der Waals surface area contributed by atoms with Crippen LogP contribution in [0.2, 0.25) is 0 Å². The second-order valence-electron chi connectivity index (χ2n) is 5.51. The molecule has 0 bridgehead atoms. The molecule has 3 heteroatoms. The summed E-state index contributed by atoms with van der Waals surface area (Å²) >= 11 is 2.13. The van der Waals surface area contributed by atoms with E-state index >= 15 is 0 Å². The zero-order valence-corrected chi connectivity index (χ0v) is 13.2. The molecule has 1 N–H and O–H groups in total. The molecule has 1 aromatic carbocycles. The molecule has 1 fully saturated rings. The Morgan fingerprint density at radius 2 is 2.16 bits per heavy atom. The van der Waals surface area contributed by atoms with E-state index in [0.717, 1.165) is 11.8 Å². The van der Waals surface area contributed by atoms with Gasteiger partial charge in [0, 0.05) is 42.4 Å². The highest BCUT2D eigenvalue weighted by atomic mass is 32.2. The molecule has 1 unspecified atom stereocenters. The minimum Gasteiger partial charge on any atom is -0.369 e. The van der Waals surface area contributed by atoms with Gasteiger partial charge in [0.25, 0.3) is 0 Å². The van der Waals surface area contributed by atoms with Gasteiger partial charge in [-0.1, -0.05) is 39.0 Å². The molecule has 0 saturated carbocycles. The van der Waals surface area contributed by atoms with Crippen molar-refractivity contribution in [2.24, 2.45) is 0 Å². The van der Waals surface area contributed by atoms with Crippen LogP contribution in [0.15, 0.2) is 24.3 Å². The van der Waals surface area contributed by atoms with Crippen molar-refractivity contribution in [1.29, 1.82) is 0 Å². The van der Waals surface area contributed by atoms with E-state index in [1.807, 2.05) is 0 Å². The number of rotatable bonds is 5. The fourth-order valence-corrected chi connectivity index (χ4v) is 3.65. The predicted octanol–water partition coefficient (Wildman–Crippen LogP) is 3.52. The summed E-state index contributed by atoms with van der Waals surface area (Å²) in [4.78, 5) is 2.57. The zero-order chi connectivity index (χ0) is 13.7. The van der Waals surface area contributed by atoms with E-state index in [4.69, 9.17) is 0 Å². The summed E-state index contributed by atoms with van der Waals surface area (Å²) in [5.74, 6) is 1.25. The van der Waals surface area contributed by atoms with E-state index in [0.29, 0.717) is 6.04 Å². The maximum absolute atomic E-state index is 3.53. The van der Waals surface area contributed by atoms with Crippen LogP contribution in [0.4, 0.5) is 5.69 Å². The number of thioether (sulfide) groups is 1. The summed E-state index contributed by atoms with van der Waals surface area (Å²) in [6.45, 7) is 10.0. The molecule has 1 aliphatic heterocycles. The highest BCUT2D eigenvalue weighted by molar-refractivity contribution is 8.00. The quantitative estimate of drug-likeness (QED) is 0.887. The van der Waals surface area contributed by atoms with Gasteiger partial charge in [0.1, 0.15) is 0 Å². The number of para-hydroxylation sites is 1. The minimum atomic E-state index is 0.536. The summed E-state index contributed by atoms with van der Waals surface area (Å²) in [5.41, 5.74) is 2.85. The minimum absolute atomic E-state index is 0.536. The first-order valence-corrected chi connectivity index (χ1v) is 8.43. The van der Waals surface area contributed by atoms with Gasteiger partial charge in [-0.05, 0) is 18.1 Å². The Hall–Kier alpha value is -0.670. The van der Waals surface area contributed by atoms with Crippen molar-refractivity contribution < 1.29 is 0 Å². The molecule has 2 nitrogen and oxygen atoms in total. The number of anilines is 1. The molecule has 2 rings (SSSR count). The van der Waals surface area contributed by atoms with Crippen LogP contribution in [0.1, 0.15) is 32.8 Å². The summed E-state index contributed by atoms with van der Waals surface area (Å²) in [6.07, 6.45) is 1.27. The zero-order valence-electron chi connectivity index (χ0n) is 12.4. The Bertz CT molecular complexity index is 392. The normalized spacial score (nSPS) is 20.0. The number of benzene rings is 1. The van der Waals surface area contributed by atoms with Crippen molar-refractivity contribution in [3.8, 4) is 0 Å². The molecule has 19 heavy (non-hydrogen) atoms. The molecule has 0 aliphatic carbocycles. The summed E-state index contributed by atoms with van der Waals surface area (Å²) in [7, 11) is 0. The molecule has 0 radical (unpaired) electrons. The molecule has 0 amide bonds. The van der Waals surface area contributed by atoms with Crippen LogP contribution >= 0.6 is 11.8 Å². The molecular weight excluding hydrogens is 252 g/mol. The molecule has 1 saturated heterocycles. The average Bonchev–Trinajstić information content (AvgIpc) is 2.45. The van der Waals surface area contributed by atoms with Crippen molar-refractivity contribution in [3.05, 3.63) is 29.8 Å². The standard InChI is InChI=1S/C16H26N2S/c1-4-15-12-18(9-10-19-15)16-8-6-5-7-14(16)11-17-13(2)3/h5-8,13,15,17H,4,9-12H2,1-3H3. The SMILES string of the molecule is CCC1CN(c2ccccc2CNC(C)C)CCS1. The van der Waals surface area contributed by atoms with E-state index < -0.39 is 0 Å². The first-order valence-electron chi connectivity index (χ1n) is 7.38. The van der Waals surface area contributed by atoms with Crippen molar-refractivity contribution in [3.63, 3.8) is 0 Å². The number of hydrogen-bond acceptors (Lipinski definition) is 3. The summed E-state index contributed by atoms with van der Waals surface area (Å²) in [6, 6.07) is 9.38. The second-order valence-corrected chi connectivity index (χ2v) is 6.92. The molecule has 0 aromatic heterocycles. The Kier molecular flexibility index (Phi) is 5.59. The maximum atomic E-state index is 3.53. The molecule has 106 valence electrons. The number of hydrogen-bond donors (Lipinski definition) is 1. The van der Waals surface area contributed by atoms with Gasteiger partial charge in [0.15, 0.2) is 0 Å². The first-order chi connectivity index (χ1) is 9.20. The maximum Gasteiger partial charge on any atom is 0.0412 e. The third-order valence-electron chi connectivity index (χ3n) is 3.63. The number of nitrogens with one attached hydrogen (secondary N) is 1. The second kappa shape index (κ2) is 7.20.